The Labute approximate surface area is 99.4 Å². The van der Waals surface area contributed by atoms with E-state index in [9.17, 15) is 4.79 Å². The van der Waals surface area contributed by atoms with Crippen LogP contribution in [0.3, 0.4) is 0 Å². The van der Waals surface area contributed by atoms with E-state index in [1.54, 1.807) is 6.07 Å². The Morgan fingerprint density at radius 2 is 2.07 bits per heavy atom. The first-order valence-electron chi connectivity index (χ1n) is 5.22. The zero-order valence-corrected chi connectivity index (χ0v) is 10.2. The monoisotopic (exact) mass is 245 g/mol. The molecule has 0 saturated carbocycles. The van der Waals surface area contributed by atoms with Crippen LogP contribution in [0.2, 0.25) is 5.02 Å². The van der Waals surface area contributed by atoms with E-state index in [0.717, 1.165) is 32.2 Å². The summed E-state index contributed by atoms with van der Waals surface area (Å²) in [7, 11) is 0. The number of ketones is 1. The molecular formula is C11H16ClNOS. The number of thiophene rings is 1. The van der Waals surface area contributed by atoms with Crippen molar-refractivity contribution in [3.8, 4) is 0 Å². The van der Waals surface area contributed by atoms with Crippen LogP contribution < -0.4 is 5.73 Å². The summed E-state index contributed by atoms with van der Waals surface area (Å²) in [5, 5.41) is 2.44. The highest BCUT2D eigenvalue weighted by Gasteiger charge is 2.10. The predicted molar refractivity (Wildman–Crippen MR) is 65.8 cm³/mol. The average molecular weight is 246 g/mol. The minimum atomic E-state index is 0.169. The Morgan fingerprint density at radius 3 is 2.67 bits per heavy atom. The molecule has 15 heavy (non-hydrogen) atoms. The van der Waals surface area contributed by atoms with Gasteiger partial charge in [-0.1, -0.05) is 24.4 Å². The van der Waals surface area contributed by atoms with Crippen molar-refractivity contribution in [2.45, 2.75) is 32.1 Å². The first-order valence-corrected chi connectivity index (χ1v) is 6.47. The molecule has 2 nitrogen and oxygen atoms in total. The molecule has 1 heterocycles. The van der Waals surface area contributed by atoms with Gasteiger partial charge >= 0.3 is 0 Å². The maximum Gasteiger partial charge on any atom is 0.174 e. The maximum atomic E-state index is 11.7. The second-order valence-corrected chi connectivity index (χ2v) is 4.80. The van der Waals surface area contributed by atoms with Crippen LogP contribution in [-0.4, -0.2) is 12.3 Å². The molecule has 84 valence electrons. The zero-order valence-electron chi connectivity index (χ0n) is 8.67. The van der Waals surface area contributed by atoms with E-state index < -0.39 is 0 Å². The Morgan fingerprint density at radius 1 is 1.33 bits per heavy atom. The predicted octanol–water partition coefficient (Wildman–Crippen LogP) is 3.49. The number of carbonyl (C=O) groups excluding carboxylic acids is 1. The molecule has 1 aromatic heterocycles. The van der Waals surface area contributed by atoms with Gasteiger partial charge in [0.05, 0.1) is 9.90 Å². The van der Waals surface area contributed by atoms with Gasteiger partial charge in [0.25, 0.3) is 0 Å². The largest absolute Gasteiger partial charge is 0.330 e. The zero-order chi connectivity index (χ0) is 11.1. The van der Waals surface area contributed by atoms with E-state index in [0.29, 0.717) is 16.3 Å². The molecule has 0 aliphatic rings. The first kappa shape index (κ1) is 12.7. The lowest BCUT2D eigenvalue weighted by atomic mass is 10.1. The van der Waals surface area contributed by atoms with Crippen molar-refractivity contribution >= 4 is 28.7 Å². The number of unbranched alkanes of at least 4 members (excludes halogenated alkanes) is 3. The Balaban J connectivity index is 2.22. The van der Waals surface area contributed by atoms with Gasteiger partial charge < -0.3 is 5.73 Å². The Hall–Kier alpha value is -0.380. The van der Waals surface area contributed by atoms with Crippen LogP contribution in [0.1, 0.15) is 41.8 Å². The van der Waals surface area contributed by atoms with Gasteiger partial charge in [-0.25, -0.2) is 0 Å². The van der Waals surface area contributed by atoms with E-state index in [2.05, 4.69) is 0 Å². The summed E-state index contributed by atoms with van der Waals surface area (Å²) < 4.78 is 0. The smallest absolute Gasteiger partial charge is 0.174 e. The summed E-state index contributed by atoms with van der Waals surface area (Å²) in [6, 6.07) is 1.77. The van der Waals surface area contributed by atoms with E-state index in [1.165, 1.54) is 11.3 Å². The first-order chi connectivity index (χ1) is 7.25. The quantitative estimate of drug-likeness (QED) is 0.590. The van der Waals surface area contributed by atoms with Gasteiger partial charge in [-0.2, -0.15) is 0 Å². The fourth-order valence-electron chi connectivity index (χ4n) is 1.39. The van der Waals surface area contributed by atoms with Crippen molar-refractivity contribution < 1.29 is 4.79 Å². The number of halogens is 1. The van der Waals surface area contributed by atoms with Crippen molar-refractivity contribution in [3.63, 3.8) is 0 Å². The highest BCUT2D eigenvalue weighted by atomic mass is 35.5. The minimum absolute atomic E-state index is 0.169. The van der Waals surface area contributed by atoms with E-state index >= 15 is 0 Å². The number of hydrogen-bond donors (Lipinski definition) is 1. The fraction of sp³-hybridized carbons (Fsp3) is 0.545. The molecule has 0 unspecified atom stereocenters. The van der Waals surface area contributed by atoms with Crippen LogP contribution >= 0.6 is 22.9 Å². The lowest BCUT2D eigenvalue weighted by molar-refractivity contribution is 0.0983. The number of carbonyl (C=O) groups is 1. The molecule has 0 saturated heterocycles. The van der Waals surface area contributed by atoms with Gasteiger partial charge in [-0.3, -0.25) is 4.79 Å². The molecule has 0 aliphatic heterocycles. The second-order valence-electron chi connectivity index (χ2n) is 3.47. The van der Waals surface area contributed by atoms with Crippen molar-refractivity contribution in [3.05, 3.63) is 21.3 Å². The van der Waals surface area contributed by atoms with Crippen molar-refractivity contribution in [2.75, 3.05) is 6.54 Å². The third-order valence-electron chi connectivity index (χ3n) is 2.23. The van der Waals surface area contributed by atoms with E-state index in [1.807, 2.05) is 5.38 Å². The van der Waals surface area contributed by atoms with E-state index in [-0.39, 0.29) is 5.78 Å². The molecule has 1 rings (SSSR count). The standard InChI is InChI=1S/C11H16ClNOS/c12-9-6-8-15-11(9)10(14)5-3-1-2-4-7-13/h6,8H,1-5,7,13H2. The summed E-state index contributed by atoms with van der Waals surface area (Å²) in [5.41, 5.74) is 5.38. The third kappa shape index (κ3) is 4.33. The van der Waals surface area contributed by atoms with Crippen molar-refractivity contribution in [1.29, 1.82) is 0 Å². The van der Waals surface area contributed by atoms with E-state index in [4.69, 9.17) is 17.3 Å². The van der Waals surface area contributed by atoms with Gasteiger partial charge in [-0.05, 0) is 30.8 Å². The van der Waals surface area contributed by atoms with Gasteiger partial charge in [0, 0.05) is 6.42 Å². The van der Waals surface area contributed by atoms with Crippen LogP contribution in [-0.2, 0) is 0 Å². The lowest BCUT2D eigenvalue weighted by Gasteiger charge is -1.99. The fourth-order valence-corrected chi connectivity index (χ4v) is 2.52. The van der Waals surface area contributed by atoms with Gasteiger partial charge in [-0.15, -0.1) is 11.3 Å². The summed E-state index contributed by atoms with van der Waals surface area (Å²) in [6.45, 7) is 0.741. The summed E-state index contributed by atoms with van der Waals surface area (Å²) in [4.78, 5) is 12.4. The third-order valence-corrected chi connectivity index (χ3v) is 3.61. The number of nitrogens with two attached hydrogens (primary N) is 1. The molecule has 0 spiro atoms. The molecule has 0 atom stereocenters. The van der Waals surface area contributed by atoms with Crippen LogP contribution in [0.15, 0.2) is 11.4 Å². The second kappa shape index (κ2) is 6.99. The molecule has 0 radical (unpaired) electrons. The lowest BCUT2D eigenvalue weighted by Crippen LogP contribution is -1.99. The summed E-state index contributed by atoms with van der Waals surface area (Å²) in [6.07, 6.45) is 4.78. The van der Waals surface area contributed by atoms with Gasteiger partial charge in [0.2, 0.25) is 0 Å². The molecule has 0 fully saturated rings. The highest BCUT2D eigenvalue weighted by molar-refractivity contribution is 7.12. The Kier molecular flexibility index (Phi) is 5.91. The topological polar surface area (TPSA) is 43.1 Å². The highest BCUT2D eigenvalue weighted by Crippen LogP contribution is 2.24. The minimum Gasteiger partial charge on any atom is -0.330 e. The molecule has 4 heteroatoms. The van der Waals surface area contributed by atoms with Crippen molar-refractivity contribution in [2.24, 2.45) is 5.73 Å². The number of hydrogen-bond acceptors (Lipinski definition) is 3. The SMILES string of the molecule is NCCCCCCC(=O)c1sccc1Cl. The van der Waals surface area contributed by atoms with Crippen molar-refractivity contribution in [1.82, 2.24) is 0 Å². The van der Waals surface area contributed by atoms with Gasteiger partial charge in [0.15, 0.2) is 5.78 Å². The Bertz CT molecular complexity index is 311. The van der Waals surface area contributed by atoms with Crippen LogP contribution in [0.5, 0.6) is 0 Å². The molecule has 2 N–H and O–H groups in total. The molecular weight excluding hydrogens is 230 g/mol. The summed E-state index contributed by atoms with van der Waals surface area (Å²) >= 11 is 7.29. The molecule has 0 bridgehead atoms. The normalized spacial score (nSPS) is 10.5. The average Bonchev–Trinajstić information content (AvgIpc) is 2.64. The van der Waals surface area contributed by atoms with Crippen LogP contribution in [0.4, 0.5) is 0 Å². The molecule has 0 aromatic carbocycles. The van der Waals surface area contributed by atoms with Gasteiger partial charge in [0.1, 0.15) is 0 Å². The molecule has 0 aliphatic carbocycles. The molecule has 1 aromatic rings. The van der Waals surface area contributed by atoms with Crippen LogP contribution in [0, 0.1) is 0 Å². The molecule has 0 amide bonds. The summed E-state index contributed by atoms with van der Waals surface area (Å²) in [5.74, 6) is 0.169. The maximum absolute atomic E-state index is 11.7. The number of Topliss-reactive ketones (excluding diaryl/α,β-unsaturated/α-hetero) is 1. The number of rotatable bonds is 7. The van der Waals surface area contributed by atoms with Crippen LogP contribution in [0.25, 0.3) is 0 Å².